The Morgan fingerprint density at radius 3 is 2.71 bits per heavy atom. The van der Waals surface area contributed by atoms with Crippen LogP contribution in [0.15, 0.2) is 75.9 Å². The monoisotopic (exact) mass is 482 g/mol. The number of hydrogen-bond acceptors (Lipinski definition) is 4. The summed E-state index contributed by atoms with van der Waals surface area (Å²) in [4.78, 5) is 19.2. The van der Waals surface area contributed by atoms with Gasteiger partial charge in [-0.25, -0.2) is 4.39 Å². The highest BCUT2D eigenvalue weighted by Gasteiger charge is 2.18. The molecule has 158 valence electrons. The number of benzene rings is 2. The molecule has 0 aliphatic heterocycles. The van der Waals surface area contributed by atoms with Crippen molar-refractivity contribution in [2.75, 3.05) is 6.54 Å². The molecule has 0 spiro atoms. The van der Waals surface area contributed by atoms with Crippen molar-refractivity contribution in [2.24, 2.45) is 0 Å². The number of halogens is 2. The third-order valence-electron chi connectivity index (χ3n) is 4.91. The third-order valence-corrected chi connectivity index (χ3v) is 5.52. The van der Waals surface area contributed by atoms with Crippen molar-refractivity contribution in [3.05, 3.63) is 82.7 Å². The highest BCUT2D eigenvalue weighted by Crippen LogP contribution is 2.26. The number of hydrogen-bond donors (Lipinski definition) is 0. The SMILES string of the molecule is CCN(Cc1ccccc1)C(=O)Cn1cccc1-c1nc(-c2ccc(F)c(Br)c2)no1. The van der Waals surface area contributed by atoms with Crippen LogP contribution in [0.3, 0.4) is 0 Å². The topological polar surface area (TPSA) is 64.2 Å². The van der Waals surface area contributed by atoms with E-state index >= 15 is 0 Å². The van der Waals surface area contributed by atoms with Crippen molar-refractivity contribution >= 4 is 21.8 Å². The zero-order chi connectivity index (χ0) is 21.8. The maximum atomic E-state index is 13.5. The lowest BCUT2D eigenvalue weighted by Crippen LogP contribution is -2.33. The number of aromatic nitrogens is 3. The standard InChI is InChI=1S/C23H20BrFN4O2/c1-2-28(14-16-7-4-3-5-8-16)21(30)15-29-12-6-9-20(29)23-26-22(27-31-23)17-10-11-19(25)18(24)13-17/h3-13H,2,14-15H2,1H3. The molecule has 0 atom stereocenters. The minimum absolute atomic E-state index is 0.00833. The number of carbonyl (C=O) groups is 1. The van der Waals surface area contributed by atoms with Gasteiger partial charge in [0.15, 0.2) is 0 Å². The molecule has 2 aromatic heterocycles. The number of nitrogens with zero attached hydrogens (tertiary/aromatic N) is 4. The van der Waals surface area contributed by atoms with Gasteiger partial charge in [0.25, 0.3) is 5.89 Å². The summed E-state index contributed by atoms with van der Waals surface area (Å²) in [5.74, 6) is 0.259. The highest BCUT2D eigenvalue weighted by molar-refractivity contribution is 9.10. The molecule has 4 rings (SSSR count). The molecule has 0 saturated heterocycles. The van der Waals surface area contributed by atoms with Crippen LogP contribution in [-0.4, -0.2) is 32.1 Å². The smallest absolute Gasteiger partial charge is 0.274 e. The van der Waals surface area contributed by atoms with Gasteiger partial charge in [0.05, 0.1) is 4.47 Å². The third kappa shape index (κ3) is 4.74. The Morgan fingerprint density at radius 2 is 1.97 bits per heavy atom. The van der Waals surface area contributed by atoms with Crippen molar-refractivity contribution in [1.29, 1.82) is 0 Å². The summed E-state index contributed by atoms with van der Waals surface area (Å²) in [7, 11) is 0. The van der Waals surface area contributed by atoms with E-state index in [1.54, 1.807) is 21.6 Å². The highest BCUT2D eigenvalue weighted by atomic mass is 79.9. The van der Waals surface area contributed by atoms with Gasteiger partial charge in [0.2, 0.25) is 11.7 Å². The first kappa shape index (κ1) is 21.0. The van der Waals surface area contributed by atoms with Gasteiger partial charge in [-0.05, 0) is 58.7 Å². The maximum absolute atomic E-state index is 13.5. The first-order chi connectivity index (χ1) is 15.0. The number of carbonyl (C=O) groups excluding carboxylic acids is 1. The number of rotatable bonds is 7. The van der Waals surface area contributed by atoms with E-state index in [4.69, 9.17) is 4.52 Å². The molecule has 4 aromatic rings. The second-order valence-electron chi connectivity index (χ2n) is 6.97. The van der Waals surface area contributed by atoms with Gasteiger partial charge in [-0.2, -0.15) is 4.98 Å². The summed E-state index contributed by atoms with van der Waals surface area (Å²) >= 11 is 3.16. The van der Waals surface area contributed by atoms with Crippen molar-refractivity contribution in [1.82, 2.24) is 19.6 Å². The van der Waals surface area contributed by atoms with E-state index in [1.165, 1.54) is 6.07 Å². The molecule has 0 unspecified atom stereocenters. The molecule has 0 aliphatic rings. The Labute approximate surface area is 187 Å². The lowest BCUT2D eigenvalue weighted by atomic mass is 10.2. The van der Waals surface area contributed by atoms with Gasteiger partial charge in [-0.15, -0.1) is 0 Å². The van der Waals surface area contributed by atoms with E-state index in [0.29, 0.717) is 40.5 Å². The minimum Gasteiger partial charge on any atom is -0.337 e. The lowest BCUT2D eigenvalue weighted by molar-refractivity contribution is -0.132. The molecule has 6 nitrogen and oxygen atoms in total. The zero-order valence-corrected chi connectivity index (χ0v) is 18.4. The first-order valence-corrected chi connectivity index (χ1v) is 10.6. The van der Waals surface area contributed by atoms with Crippen LogP contribution in [0, 0.1) is 5.82 Å². The second-order valence-corrected chi connectivity index (χ2v) is 7.82. The first-order valence-electron chi connectivity index (χ1n) is 9.81. The quantitative estimate of drug-likeness (QED) is 0.365. The molecule has 2 aromatic carbocycles. The van der Waals surface area contributed by atoms with Crippen LogP contribution in [0.4, 0.5) is 4.39 Å². The summed E-state index contributed by atoms with van der Waals surface area (Å²) in [6.07, 6.45) is 1.81. The molecule has 0 fully saturated rings. The van der Waals surface area contributed by atoms with Crippen molar-refractivity contribution in [2.45, 2.75) is 20.0 Å². The van der Waals surface area contributed by atoms with Crippen LogP contribution in [0.25, 0.3) is 23.0 Å². The van der Waals surface area contributed by atoms with Crippen LogP contribution >= 0.6 is 15.9 Å². The zero-order valence-electron chi connectivity index (χ0n) is 16.8. The Bertz CT molecular complexity index is 1190. The van der Waals surface area contributed by atoms with Gasteiger partial charge in [-0.1, -0.05) is 35.5 Å². The van der Waals surface area contributed by atoms with E-state index in [0.717, 1.165) is 5.56 Å². The number of likely N-dealkylation sites (N-methyl/N-ethyl adjacent to an activating group) is 1. The fourth-order valence-corrected chi connectivity index (χ4v) is 3.63. The van der Waals surface area contributed by atoms with Gasteiger partial charge in [-0.3, -0.25) is 4.79 Å². The van der Waals surface area contributed by atoms with Crippen molar-refractivity contribution < 1.29 is 13.7 Å². The summed E-state index contributed by atoms with van der Waals surface area (Å²) in [5, 5.41) is 4.00. The average molecular weight is 483 g/mol. The predicted molar refractivity (Wildman–Crippen MR) is 118 cm³/mol. The van der Waals surface area contributed by atoms with Gasteiger partial charge in [0.1, 0.15) is 18.1 Å². The molecule has 0 aliphatic carbocycles. The fraction of sp³-hybridized carbons (Fsp3) is 0.174. The summed E-state index contributed by atoms with van der Waals surface area (Å²) in [5.41, 5.74) is 2.35. The second kappa shape index (κ2) is 9.26. The Hall–Kier alpha value is -3.26. The van der Waals surface area contributed by atoms with Crippen molar-refractivity contribution in [3.63, 3.8) is 0 Å². The van der Waals surface area contributed by atoms with Crippen LogP contribution in [0.5, 0.6) is 0 Å². The van der Waals surface area contributed by atoms with Crippen LogP contribution < -0.4 is 0 Å². The van der Waals surface area contributed by atoms with E-state index < -0.39 is 0 Å². The molecule has 0 N–H and O–H groups in total. The average Bonchev–Trinajstić information content (AvgIpc) is 3.44. The van der Waals surface area contributed by atoms with Gasteiger partial charge < -0.3 is 14.0 Å². The Balaban J connectivity index is 1.52. The Kier molecular flexibility index (Phi) is 6.27. The van der Waals surface area contributed by atoms with E-state index in [9.17, 15) is 9.18 Å². The molecule has 2 heterocycles. The van der Waals surface area contributed by atoms with E-state index in [-0.39, 0.29) is 18.3 Å². The summed E-state index contributed by atoms with van der Waals surface area (Å²) < 4.78 is 21.0. The van der Waals surface area contributed by atoms with Gasteiger partial charge >= 0.3 is 0 Å². The van der Waals surface area contributed by atoms with Crippen LogP contribution in [0.1, 0.15) is 12.5 Å². The summed E-state index contributed by atoms with van der Waals surface area (Å²) in [6, 6.07) is 18.0. The van der Waals surface area contributed by atoms with E-state index in [2.05, 4.69) is 26.1 Å². The van der Waals surface area contributed by atoms with Crippen LogP contribution in [-0.2, 0) is 17.9 Å². The predicted octanol–water partition coefficient (Wildman–Crippen LogP) is 5.16. The fourth-order valence-electron chi connectivity index (χ4n) is 3.25. The number of amides is 1. The molecular formula is C23H20BrFN4O2. The molecule has 0 bridgehead atoms. The Morgan fingerprint density at radius 1 is 1.16 bits per heavy atom. The minimum atomic E-state index is -0.365. The molecule has 8 heteroatoms. The van der Waals surface area contributed by atoms with Crippen molar-refractivity contribution in [3.8, 4) is 23.0 Å². The molecule has 1 amide bonds. The molecule has 0 radical (unpaired) electrons. The molecule has 0 saturated carbocycles. The summed E-state index contributed by atoms with van der Waals surface area (Å²) in [6.45, 7) is 3.27. The molecule has 31 heavy (non-hydrogen) atoms. The molecular weight excluding hydrogens is 463 g/mol. The lowest BCUT2D eigenvalue weighted by Gasteiger charge is -2.21. The van der Waals surface area contributed by atoms with Crippen LogP contribution in [0.2, 0.25) is 0 Å². The largest absolute Gasteiger partial charge is 0.337 e. The van der Waals surface area contributed by atoms with Gasteiger partial charge in [0, 0.05) is 24.8 Å². The maximum Gasteiger partial charge on any atom is 0.274 e. The normalized spacial score (nSPS) is 10.9. The van der Waals surface area contributed by atoms with E-state index in [1.807, 2.05) is 55.6 Å².